The fourth-order valence-corrected chi connectivity index (χ4v) is 0. The number of hydrogen-bond acceptors (Lipinski definition) is 2. The van der Waals surface area contributed by atoms with Crippen LogP contribution in [-0.4, -0.2) is 18.6 Å². The Labute approximate surface area is 55.1 Å². The van der Waals surface area contributed by atoms with E-state index in [2.05, 4.69) is 5.11 Å². The molecule has 0 rings (SSSR count). The summed E-state index contributed by atoms with van der Waals surface area (Å²) in [7, 11) is 1.31. The molecule has 0 fully saturated rings. The van der Waals surface area contributed by atoms with E-state index < -0.39 is 0 Å². The molecule has 0 unspecified atom stereocenters. The summed E-state index contributed by atoms with van der Waals surface area (Å²) in [5.41, 5.74) is 7.19. The van der Waals surface area contributed by atoms with Crippen LogP contribution in [0.25, 0.3) is 5.53 Å². The van der Waals surface area contributed by atoms with Crippen molar-refractivity contribution in [3.63, 3.8) is 0 Å². The largest absolute Gasteiger partial charge is 0.712 e. The summed E-state index contributed by atoms with van der Waals surface area (Å²) in [5.74, 6) is 0. The molecule has 0 aromatic carbocycles. The van der Waals surface area contributed by atoms with Gasteiger partial charge in [0.1, 0.15) is 0 Å². The van der Waals surface area contributed by atoms with Crippen LogP contribution in [0.2, 0.25) is 0 Å². The first-order chi connectivity index (χ1) is 2.83. The Morgan fingerprint density at radius 1 is 1.86 bits per heavy atom. The van der Waals surface area contributed by atoms with Gasteiger partial charge < -0.3 is 15.8 Å². The summed E-state index contributed by atoms with van der Waals surface area (Å²) in [6, 6.07) is 0. The van der Waals surface area contributed by atoms with Crippen LogP contribution in [0.15, 0.2) is 5.11 Å². The molecule has 1 N–H and O–H groups in total. The van der Waals surface area contributed by atoms with Gasteiger partial charge >= 0.3 is 0 Å². The van der Waals surface area contributed by atoms with Crippen molar-refractivity contribution in [1.82, 2.24) is 0 Å². The van der Waals surface area contributed by atoms with Crippen LogP contribution in [0.3, 0.4) is 0 Å². The van der Waals surface area contributed by atoms with Gasteiger partial charge in [-0.05, 0) is 0 Å². The molecule has 0 aliphatic rings. The quantitative estimate of drug-likeness (QED) is 0.511. The molecule has 0 spiro atoms. The Kier molecular flexibility index (Phi) is 97.0. The van der Waals surface area contributed by atoms with Crippen LogP contribution < -0.4 is 0 Å². The minimum atomic E-state index is -0.250. The van der Waals surface area contributed by atoms with Gasteiger partial charge in [-0.3, -0.25) is 4.79 Å². The van der Waals surface area contributed by atoms with Crippen molar-refractivity contribution in [3.8, 4) is 0 Å². The average molecular weight is 275 g/mol. The van der Waals surface area contributed by atoms with Crippen LogP contribution in [0, 0.1) is 0 Å². The molecule has 0 saturated heterocycles. The SMILES string of the molecule is CN=[N-].O=CO.[Re]. The third-order valence-electron chi connectivity index (χ3n) is 0. The maximum absolute atomic E-state index is 8.36. The van der Waals surface area contributed by atoms with E-state index in [4.69, 9.17) is 15.4 Å². The van der Waals surface area contributed by atoms with E-state index in [0.29, 0.717) is 0 Å². The summed E-state index contributed by atoms with van der Waals surface area (Å²) in [6.07, 6.45) is 0. The number of hydrogen-bond donors (Lipinski definition) is 1. The molecule has 7 heavy (non-hydrogen) atoms. The van der Waals surface area contributed by atoms with Gasteiger partial charge in [-0.2, -0.15) is 0 Å². The summed E-state index contributed by atoms with van der Waals surface area (Å²) in [5, 5.41) is 9.39. The fourth-order valence-electron chi connectivity index (χ4n) is 0. The first-order valence-corrected chi connectivity index (χ1v) is 1.14. The predicted molar refractivity (Wildman–Crippen MR) is 20.4 cm³/mol. The first-order valence-electron chi connectivity index (χ1n) is 1.14. The van der Waals surface area contributed by atoms with E-state index >= 15 is 0 Å². The van der Waals surface area contributed by atoms with Crippen LogP contribution in [0.1, 0.15) is 0 Å². The molecule has 1 radical (unpaired) electrons. The zero-order chi connectivity index (χ0) is 5.41. The van der Waals surface area contributed by atoms with Gasteiger partial charge in [-0.1, -0.05) is 0 Å². The van der Waals surface area contributed by atoms with Crippen molar-refractivity contribution < 1.29 is 30.3 Å². The van der Waals surface area contributed by atoms with Crippen molar-refractivity contribution >= 4 is 6.47 Å². The summed E-state index contributed by atoms with van der Waals surface area (Å²) < 4.78 is 0. The Morgan fingerprint density at radius 3 is 1.86 bits per heavy atom. The van der Waals surface area contributed by atoms with Gasteiger partial charge in [-0.15, -0.1) is 0 Å². The van der Waals surface area contributed by atoms with Crippen LogP contribution in [0.4, 0.5) is 0 Å². The predicted octanol–water partition coefficient (Wildman–Crippen LogP) is 0.336. The van der Waals surface area contributed by atoms with E-state index in [-0.39, 0.29) is 26.9 Å². The zero-order valence-corrected chi connectivity index (χ0v) is 6.42. The maximum Gasteiger partial charge on any atom is 0.290 e. The number of carboxylic acid groups (broad SMARTS) is 1. The molecule has 0 aromatic rings. The summed E-state index contributed by atoms with van der Waals surface area (Å²) in [6.45, 7) is -0.250. The molecule has 0 atom stereocenters. The minimum Gasteiger partial charge on any atom is -0.712 e. The van der Waals surface area contributed by atoms with E-state index in [1.54, 1.807) is 0 Å². The Hall–Kier alpha value is -0.268. The topological polar surface area (TPSA) is 72.0 Å². The second-order valence-electron chi connectivity index (χ2n) is 0.305. The van der Waals surface area contributed by atoms with Crippen LogP contribution in [0.5, 0.6) is 0 Å². The molecule has 0 heterocycles. The minimum absolute atomic E-state index is 0. The third-order valence-corrected chi connectivity index (χ3v) is 0. The smallest absolute Gasteiger partial charge is 0.290 e. The van der Waals surface area contributed by atoms with E-state index in [1.807, 2.05) is 0 Å². The molecule has 0 saturated carbocycles. The van der Waals surface area contributed by atoms with Crippen molar-refractivity contribution in [2.75, 3.05) is 7.05 Å². The zero-order valence-electron chi connectivity index (χ0n) is 3.71. The summed E-state index contributed by atoms with van der Waals surface area (Å²) >= 11 is 0. The second-order valence-corrected chi connectivity index (χ2v) is 0.305. The average Bonchev–Trinajstić information content (AvgIpc) is 1.39. The van der Waals surface area contributed by atoms with E-state index in [9.17, 15) is 0 Å². The standard InChI is InChI=1S/CH3N2.CH2O2.Re/c1-3-2;2-1-3;/h1H3;1H,(H,2,3);/q-1;;. The second kappa shape index (κ2) is 42.8. The van der Waals surface area contributed by atoms with Gasteiger partial charge in [0.2, 0.25) is 0 Å². The van der Waals surface area contributed by atoms with Crippen LogP contribution >= 0.6 is 0 Å². The monoisotopic (exact) mass is 276 g/mol. The molecule has 43 valence electrons. The maximum atomic E-state index is 8.36. The Morgan fingerprint density at radius 2 is 1.86 bits per heavy atom. The molecule has 0 aromatic heterocycles. The van der Waals surface area contributed by atoms with Crippen molar-refractivity contribution in [2.24, 2.45) is 5.11 Å². The molecule has 5 heteroatoms. The molecule has 0 amide bonds. The number of carbonyl (C=O) groups is 1. The van der Waals surface area contributed by atoms with Gasteiger partial charge in [0.25, 0.3) is 6.47 Å². The van der Waals surface area contributed by atoms with Crippen molar-refractivity contribution in [3.05, 3.63) is 5.53 Å². The normalized spacial score (nSPS) is 3.57. The molecule has 0 aliphatic carbocycles. The van der Waals surface area contributed by atoms with Gasteiger partial charge in [0.15, 0.2) is 0 Å². The van der Waals surface area contributed by atoms with Crippen molar-refractivity contribution in [2.45, 2.75) is 0 Å². The fraction of sp³-hybridized carbons (Fsp3) is 0.500. The third kappa shape index (κ3) is 1110. The van der Waals surface area contributed by atoms with Crippen molar-refractivity contribution in [1.29, 1.82) is 0 Å². The van der Waals surface area contributed by atoms with E-state index in [1.165, 1.54) is 7.05 Å². The number of rotatable bonds is 0. The molecular weight excluding hydrogens is 270 g/mol. The molecule has 4 nitrogen and oxygen atoms in total. The summed E-state index contributed by atoms with van der Waals surface area (Å²) in [4.78, 5) is 8.36. The van der Waals surface area contributed by atoms with E-state index in [0.717, 1.165) is 0 Å². The van der Waals surface area contributed by atoms with Gasteiger partial charge in [-0.25, -0.2) is 0 Å². The Balaban J connectivity index is -0.0000000400. The first kappa shape index (κ1) is 15.9. The van der Waals surface area contributed by atoms with Gasteiger partial charge in [0.05, 0.1) is 0 Å². The molecule has 0 bridgehead atoms. The Bertz CT molecular complexity index is 34.7. The van der Waals surface area contributed by atoms with Gasteiger partial charge in [0, 0.05) is 27.5 Å². The number of nitrogens with zero attached hydrogens (tertiary/aromatic N) is 2. The molecular formula is C2H5N2O2Re-. The molecule has 0 aliphatic heterocycles. The van der Waals surface area contributed by atoms with Crippen LogP contribution in [-0.2, 0) is 25.2 Å².